The van der Waals surface area contributed by atoms with Gasteiger partial charge in [-0.05, 0) is 37.2 Å². The third-order valence-electron chi connectivity index (χ3n) is 5.45. The zero-order valence-corrected chi connectivity index (χ0v) is 12.4. The molecule has 3 rings (SSSR count). The summed E-state index contributed by atoms with van der Waals surface area (Å²) in [6.07, 6.45) is 6.42. The number of aldehydes is 1. The van der Waals surface area contributed by atoms with E-state index in [-0.39, 0.29) is 17.1 Å². The highest BCUT2D eigenvalue weighted by molar-refractivity contribution is 5.96. The van der Waals surface area contributed by atoms with Crippen molar-refractivity contribution in [3.8, 4) is 0 Å². The molecule has 0 bridgehead atoms. The molecule has 0 N–H and O–H groups in total. The maximum atomic E-state index is 12.4. The molecule has 108 valence electrons. The van der Waals surface area contributed by atoms with Gasteiger partial charge in [-0.3, -0.25) is 9.48 Å². The van der Waals surface area contributed by atoms with Crippen molar-refractivity contribution in [1.29, 1.82) is 0 Å². The maximum absolute atomic E-state index is 12.4. The quantitative estimate of drug-likeness (QED) is 0.612. The summed E-state index contributed by atoms with van der Waals surface area (Å²) in [6.45, 7) is 4.26. The standard InChI is InChI=1S/C16H22N2O2/c1-4-12-13-6-5-10-8-18(3)17-15(10)16(13,2)7-11(9-19)14(12)20/h8-9,11-13H,4-7H2,1-3H3/t11?,12-,13-,16-/m0/s1. The van der Waals surface area contributed by atoms with Gasteiger partial charge in [-0.2, -0.15) is 5.10 Å². The number of Topliss-reactive ketones (excluding diaryl/α,β-unsaturated/α-hetero) is 1. The summed E-state index contributed by atoms with van der Waals surface area (Å²) in [4.78, 5) is 23.8. The largest absolute Gasteiger partial charge is 0.303 e. The Kier molecular flexibility index (Phi) is 3.07. The van der Waals surface area contributed by atoms with E-state index in [1.807, 2.05) is 11.7 Å². The van der Waals surface area contributed by atoms with Crippen LogP contribution in [0.4, 0.5) is 0 Å². The first-order valence-electron chi connectivity index (χ1n) is 7.53. The summed E-state index contributed by atoms with van der Waals surface area (Å²) in [7, 11) is 1.94. The Labute approximate surface area is 119 Å². The molecule has 1 saturated carbocycles. The first-order chi connectivity index (χ1) is 9.51. The molecule has 1 unspecified atom stereocenters. The van der Waals surface area contributed by atoms with Crippen molar-refractivity contribution >= 4 is 12.1 Å². The van der Waals surface area contributed by atoms with E-state index in [4.69, 9.17) is 0 Å². The average molecular weight is 274 g/mol. The van der Waals surface area contributed by atoms with Crippen LogP contribution in [0, 0.1) is 17.8 Å². The highest BCUT2D eigenvalue weighted by atomic mass is 16.1. The Morgan fingerprint density at radius 2 is 2.30 bits per heavy atom. The lowest BCUT2D eigenvalue weighted by atomic mass is 9.53. The van der Waals surface area contributed by atoms with Crippen LogP contribution in [-0.4, -0.2) is 21.8 Å². The molecule has 0 amide bonds. The van der Waals surface area contributed by atoms with E-state index in [9.17, 15) is 9.59 Å². The van der Waals surface area contributed by atoms with Gasteiger partial charge in [0.15, 0.2) is 0 Å². The molecule has 20 heavy (non-hydrogen) atoms. The summed E-state index contributed by atoms with van der Waals surface area (Å²) >= 11 is 0. The monoisotopic (exact) mass is 274 g/mol. The Balaban J connectivity index is 2.10. The molecule has 1 aromatic heterocycles. The number of hydrogen-bond donors (Lipinski definition) is 0. The van der Waals surface area contributed by atoms with Gasteiger partial charge in [0.25, 0.3) is 0 Å². The third kappa shape index (κ3) is 1.70. The summed E-state index contributed by atoms with van der Waals surface area (Å²) in [5.41, 5.74) is 2.28. The van der Waals surface area contributed by atoms with Gasteiger partial charge in [0.2, 0.25) is 0 Å². The van der Waals surface area contributed by atoms with Crippen LogP contribution in [0.2, 0.25) is 0 Å². The minimum atomic E-state index is -0.450. The van der Waals surface area contributed by atoms with Crippen molar-refractivity contribution in [3.63, 3.8) is 0 Å². The predicted octanol–water partition coefficient (Wildman–Crippen LogP) is 2.05. The third-order valence-corrected chi connectivity index (χ3v) is 5.45. The van der Waals surface area contributed by atoms with Gasteiger partial charge in [-0.15, -0.1) is 0 Å². The van der Waals surface area contributed by atoms with E-state index in [1.54, 1.807) is 0 Å². The minimum absolute atomic E-state index is 0.0131. The molecule has 2 aliphatic rings. The molecule has 4 heteroatoms. The molecular weight excluding hydrogens is 252 g/mol. The molecule has 0 aliphatic heterocycles. The van der Waals surface area contributed by atoms with Crippen LogP contribution in [0.5, 0.6) is 0 Å². The van der Waals surface area contributed by atoms with Crippen molar-refractivity contribution in [3.05, 3.63) is 17.5 Å². The summed E-state index contributed by atoms with van der Waals surface area (Å²) < 4.78 is 1.87. The Bertz CT molecular complexity index is 563. The number of hydrogen-bond acceptors (Lipinski definition) is 3. The molecule has 0 spiro atoms. The number of rotatable bonds is 2. The lowest BCUT2D eigenvalue weighted by molar-refractivity contribution is -0.138. The summed E-state index contributed by atoms with van der Waals surface area (Å²) in [6, 6.07) is 0. The molecule has 1 heterocycles. The fraction of sp³-hybridized carbons (Fsp3) is 0.688. The van der Waals surface area contributed by atoms with Crippen molar-refractivity contribution in [1.82, 2.24) is 9.78 Å². The van der Waals surface area contributed by atoms with E-state index < -0.39 is 5.92 Å². The van der Waals surface area contributed by atoms with E-state index in [1.165, 1.54) is 5.56 Å². The van der Waals surface area contributed by atoms with Gasteiger partial charge in [0, 0.05) is 24.6 Å². The molecule has 4 atom stereocenters. The zero-order chi connectivity index (χ0) is 14.5. The van der Waals surface area contributed by atoms with E-state index >= 15 is 0 Å². The normalized spacial score (nSPS) is 36.4. The van der Waals surface area contributed by atoms with E-state index in [0.29, 0.717) is 12.3 Å². The van der Waals surface area contributed by atoms with Gasteiger partial charge in [-0.1, -0.05) is 13.8 Å². The number of aryl methyl sites for hydroxylation is 2. The SMILES string of the molecule is CC[C@@H]1C(=O)C(C=O)C[C@]2(C)c3nn(C)cc3CC[C@@H]12. The van der Waals surface area contributed by atoms with E-state index in [0.717, 1.165) is 31.2 Å². The Hall–Kier alpha value is -1.45. The average Bonchev–Trinajstić information content (AvgIpc) is 2.81. The molecule has 1 aromatic rings. The van der Waals surface area contributed by atoms with Crippen molar-refractivity contribution in [2.75, 3.05) is 0 Å². The fourth-order valence-corrected chi connectivity index (χ4v) is 4.53. The first-order valence-corrected chi connectivity index (χ1v) is 7.53. The molecular formula is C16H22N2O2. The van der Waals surface area contributed by atoms with Crippen LogP contribution in [0.15, 0.2) is 6.20 Å². The molecule has 1 fully saturated rings. The second-order valence-corrected chi connectivity index (χ2v) is 6.60. The van der Waals surface area contributed by atoms with Crippen LogP contribution in [0.25, 0.3) is 0 Å². The fourth-order valence-electron chi connectivity index (χ4n) is 4.53. The van der Waals surface area contributed by atoms with Crippen molar-refractivity contribution < 1.29 is 9.59 Å². The van der Waals surface area contributed by atoms with Crippen LogP contribution in [0.3, 0.4) is 0 Å². The molecule has 0 aromatic carbocycles. The smallest absolute Gasteiger partial charge is 0.146 e. The van der Waals surface area contributed by atoms with Gasteiger partial charge in [-0.25, -0.2) is 0 Å². The summed E-state index contributed by atoms with van der Waals surface area (Å²) in [5.74, 6) is 0.0521. The first kappa shape index (κ1) is 13.5. The lowest BCUT2D eigenvalue weighted by Gasteiger charge is -2.49. The van der Waals surface area contributed by atoms with Gasteiger partial charge < -0.3 is 4.79 Å². The van der Waals surface area contributed by atoms with Gasteiger partial charge >= 0.3 is 0 Å². The predicted molar refractivity (Wildman–Crippen MR) is 75.3 cm³/mol. The van der Waals surface area contributed by atoms with Crippen LogP contribution in [0.1, 0.15) is 44.4 Å². The number of nitrogens with zero attached hydrogens (tertiary/aromatic N) is 2. The van der Waals surface area contributed by atoms with Crippen molar-refractivity contribution in [2.24, 2.45) is 24.8 Å². The molecule has 4 nitrogen and oxygen atoms in total. The van der Waals surface area contributed by atoms with E-state index in [2.05, 4.69) is 25.1 Å². The number of fused-ring (bicyclic) bond motifs is 3. The minimum Gasteiger partial charge on any atom is -0.303 e. The topological polar surface area (TPSA) is 52.0 Å². The summed E-state index contributed by atoms with van der Waals surface area (Å²) in [5, 5.41) is 4.66. The second kappa shape index (κ2) is 4.54. The van der Waals surface area contributed by atoms with Gasteiger partial charge in [0.05, 0.1) is 11.6 Å². The zero-order valence-electron chi connectivity index (χ0n) is 12.4. The van der Waals surface area contributed by atoms with Crippen LogP contribution >= 0.6 is 0 Å². The number of carbonyl (C=O) groups excluding carboxylic acids is 2. The van der Waals surface area contributed by atoms with Crippen LogP contribution < -0.4 is 0 Å². The number of ketones is 1. The van der Waals surface area contributed by atoms with Crippen molar-refractivity contribution in [2.45, 2.75) is 44.9 Å². The Morgan fingerprint density at radius 1 is 1.55 bits per heavy atom. The maximum Gasteiger partial charge on any atom is 0.146 e. The highest BCUT2D eigenvalue weighted by Crippen LogP contribution is 2.52. The van der Waals surface area contributed by atoms with Crippen LogP contribution in [-0.2, 0) is 28.5 Å². The molecule has 0 saturated heterocycles. The number of aromatic nitrogens is 2. The molecule has 0 radical (unpaired) electrons. The number of carbonyl (C=O) groups is 2. The molecule has 2 aliphatic carbocycles. The lowest BCUT2D eigenvalue weighted by Crippen LogP contribution is -2.51. The second-order valence-electron chi connectivity index (χ2n) is 6.60. The van der Waals surface area contributed by atoms with Gasteiger partial charge in [0.1, 0.15) is 12.1 Å². The Morgan fingerprint density at radius 3 is 2.95 bits per heavy atom. The highest BCUT2D eigenvalue weighted by Gasteiger charge is 2.53.